The molecule has 0 amide bonds. The first-order valence-corrected chi connectivity index (χ1v) is 15.8. The van der Waals surface area contributed by atoms with Gasteiger partial charge in [-0.15, -0.1) is 0 Å². The highest BCUT2D eigenvalue weighted by Crippen LogP contribution is 2.45. The largest absolute Gasteiger partial charge is 0.494 e. The van der Waals surface area contributed by atoms with E-state index in [0.29, 0.717) is 6.61 Å². The van der Waals surface area contributed by atoms with Crippen LogP contribution in [0.1, 0.15) is 90.8 Å². The van der Waals surface area contributed by atoms with Crippen molar-refractivity contribution in [2.24, 2.45) is 5.41 Å². The van der Waals surface area contributed by atoms with Crippen LogP contribution in [0.3, 0.4) is 0 Å². The normalized spacial score (nSPS) is 15.7. The zero-order valence-corrected chi connectivity index (χ0v) is 27.7. The average molecular weight is 587 g/mol. The highest BCUT2D eigenvalue weighted by molar-refractivity contribution is 5.89. The molecule has 1 fully saturated rings. The molecule has 2 heterocycles. The third-order valence-electron chi connectivity index (χ3n) is 8.08. The summed E-state index contributed by atoms with van der Waals surface area (Å²) in [5.74, 6) is 0.511. The standard InChI is InChI=1S/C37H50N2O4/c1-10-24-42-30-18-16-28(17-19-30)27-12-14-29(15-13-27)31-25(3)38-26(4)32(33(31)39-22-20-37(8,9)21-23-39)34(35(40)41-11-2)43-36(5,6)7/h12-19,34H,10-11,20-24H2,1-9H3/t34-/m0/s1. The van der Waals surface area contributed by atoms with Gasteiger partial charge in [-0.05, 0) is 95.0 Å². The summed E-state index contributed by atoms with van der Waals surface area (Å²) < 4.78 is 17.8. The van der Waals surface area contributed by atoms with Gasteiger partial charge in [-0.3, -0.25) is 4.98 Å². The van der Waals surface area contributed by atoms with Gasteiger partial charge in [-0.2, -0.15) is 0 Å². The third kappa shape index (κ3) is 7.97. The first-order valence-electron chi connectivity index (χ1n) is 15.8. The molecule has 1 atom stereocenters. The van der Waals surface area contributed by atoms with Gasteiger partial charge in [0.1, 0.15) is 5.75 Å². The van der Waals surface area contributed by atoms with Crippen LogP contribution in [-0.2, 0) is 14.3 Å². The SMILES string of the molecule is CCCOc1ccc(-c2ccc(-c3c(C)nc(C)c([C@H](OC(C)(C)C)C(=O)OCC)c3N3CCC(C)(C)CC3)cc2)cc1. The highest BCUT2D eigenvalue weighted by Gasteiger charge is 2.37. The lowest BCUT2D eigenvalue weighted by Gasteiger charge is -2.41. The van der Waals surface area contributed by atoms with Crippen LogP contribution in [0, 0.1) is 19.3 Å². The van der Waals surface area contributed by atoms with E-state index in [2.05, 4.69) is 69.0 Å². The quantitative estimate of drug-likeness (QED) is 0.221. The second-order valence-electron chi connectivity index (χ2n) is 13.4. The molecule has 1 aliphatic rings. The van der Waals surface area contributed by atoms with E-state index < -0.39 is 11.7 Å². The Labute approximate surface area is 258 Å². The summed E-state index contributed by atoms with van der Waals surface area (Å²) in [6.07, 6.45) is 2.23. The maximum atomic E-state index is 13.5. The van der Waals surface area contributed by atoms with Crippen LogP contribution in [0.4, 0.5) is 5.69 Å². The number of hydrogen-bond acceptors (Lipinski definition) is 6. The Bertz CT molecular complexity index is 1380. The summed E-state index contributed by atoms with van der Waals surface area (Å²) in [4.78, 5) is 21.0. The van der Waals surface area contributed by atoms with Gasteiger partial charge in [-0.25, -0.2) is 4.79 Å². The van der Waals surface area contributed by atoms with Gasteiger partial charge < -0.3 is 19.1 Å². The molecule has 3 aromatic rings. The predicted molar refractivity (Wildman–Crippen MR) is 176 cm³/mol. The minimum atomic E-state index is -0.885. The summed E-state index contributed by atoms with van der Waals surface area (Å²) >= 11 is 0. The zero-order valence-electron chi connectivity index (χ0n) is 27.7. The Morgan fingerprint density at radius 3 is 2.00 bits per heavy atom. The first kappa shape index (κ1) is 32.5. The molecule has 232 valence electrons. The highest BCUT2D eigenvalue weighted by atomic mass is 16.6. The van der Waals surface area contributed by atoms with Gasteiger partial charge >= 0.3 is 5.97 Å². The summed E-state index contributed by atoms with van der Waals surface area (Å²) in [5.41, 5.74) is 7.66. The molecule has 43 heavy (non-hydrogen) atoms. The number of anilines is 1. The molecule has 4 rings (SSSR count). The van der Waals surface area contributed by atoms with Crippen LogP contribution >= 0.6 is 0 Å². The van der Waals surface area contributed by atoms with Crippen LogP contribution in [0.5, 0.6) is 5.75 Å². The van der Waals surface area contributed by atoms with Gasteiger partial charge in [0.15, 0.2) is 6.10 Å². The Kier molecular flexibility index (Phi) is 10.2. The van der Waals surface area contributed by atoms with Crippen LogP contribution in [-0.4, -0.2) is 42.9 Å². The maximum absolute atomic E-state index is 13.5. The van der Waals surface area contributed by atoms with Crippen LogP contribution in [0.15, 0.2) is 48.5 Å². The molecule has 6 nitrogen and oxygen atoms in total. The molecule has 0 radical (unpaired) electrons. The molecular formula is C37H50N2O4. The fourth-order valence-corrected chi connectivity index (χ4v) is 5.76. The van der Waals surface area contributed by atoms with Crippen molar-refractivity contribution in [1.82, 2.24) is 4.98 Å². The average Bonchev–Trinajstić information content (AvgIpc) is 2.95. The molecular weight excluding hydrogens is 536 g/mol. The summed E-state index contributed by atoms with van der Waals surface area (Å²) in [6, 6.07) is 16.9. The second-order valence-corrected chi connectivity index (χ2v) is 13.4. The number of rotatable bonds is 10. The Morgan fingerprint density at radius 2 is 1.47 bits per heavy atom. The lowest BCUT2D eigenvalue weighted by atomic mass is 9.81. The molecule has 1 saturated heterocycles. The molecule has 0 saturated carbocycles. The molecule has 1 aliphatic heterocycles. The number of aromatic nitrogens is 1. The lowest BCUT2D eigenvalue weighted by molar-refractivity contribution is -0.166. The van der Waals surface area contributed by atoms with Crippen molar-refractivity contribution < 1.29 is 19.0 Å². The fourth-order valence-electron chi connectivity index (χ4n) is 5.76. The third-order valence-corrected chi connectivity index (χ3v) is 8.08. The lowest BCUT2D eigenvalue weighted by Crippen LogP contribution is -2.39. The smallest absolute Gasteiger partial charge is 0.340 e. The number of benzene rings is 2. The Balaban J connectivity index is 1.84. The van der Waals surface area contributed by atoms with E-state index in [1.54, 1.807) is 0 Å². The van der Waals surface area contributed by atoms with Gasteiger partial charge in [0.05, 0.1) is 24.5 Å². The van der Waals surface area contributed by atoms with Crippen molar-refractivity contribution in [3.8, 4) is 28.0 Å². The topological polar surface area (TPSA) is 60.9 Å². The van der Waals surface area contributed by atoms with Gasteiger partial charge in [0.2, 0.25) is 0 Å². The summed E-state index contributed by atoms with van der Waals surface area (Å²) in [6.45, 7) is 21.4. The minimum Gasteiger partial charge on any atom is -0.494 e. The first-order chi connectivity index (χ1) is 20.3. The van der Waals surface area contributed by atoms with Crippen molar-refractivity contribution in [3.05, 3.63) is 65.5 Å². The minimum absolute atomic E-state index is 0.273. The van der Waals surface area contributed by atoms with Crippen LogP contribution in [0.25, 0.3) is 22.3 Å². The summed E-state index contributed by atoms with van der Waals surface area (Å²) in [7, 11) is 0. The van der Waals surface area contributed by atoms with E-state index in [1.165, 1.54) is 0 Å². The van der Waals surface area contributed by atoms with E-state index in [1.807, 2.05) is 46.8 Å². The number of ether oxygens (including phenoxy) is 3. The van der Waals surface area contributed by atoms with Gasteiger partial charge in [-0.1, -0.05) is 57.2 Å². The number of carbonyl (C=O) groups excluding carboxylic acids is 1. The van der Waals surface area contributed by atoms with Crippen LogP contribution < -0.4 is 9.64 Å². The Morgan fingerprint density at radius 1 is 0.907 bits per heavy atom. The number of carbonyl (C=O) groups is 1. The number of aryl methyl sites for hydroxylation is 2. The summed E-state index contributed by atoms with van der Waals surface area (Å²) in [5, 5.41) is 0. The van der Waals surface area contributed by atoms with E-state index >= 15 is 0 Å². The zero-order chi connectivity index (χ0) is 31.4. The number of nitrogens with zero attached hydrogens (tertiary/aromatic N) is 2. The number of hydrogen-bond donors (Lipinski definition) is 0. The van der Waals surface area contributed by atoms with E-state index in [9.17, 15) is 4.79 Å². The number of piperidine rings is 1. The number of esters is 1. The molecule has 0 aliphatic carbocycles. The monoisotopic (exact) mass is 586 g/mol. The van der Waals surface area contributed by atoms with Crippen LogP contribution in [0.2, 0.25) is 0 Å². The molecule has 0 unspecified atom stereocenters. The van der Waals surface area contributed by atoms with Crippen molar-refractivity contribution >= 4 is 11.7 Å². The van der Waals surface area contributed by atoms with E-state index in [4.69, 9.17) is 19.2 Å². The molecule has 2 aromatic carbocycles. The van der Waals surface area contributed by atoms with E-state index in [0.717, 1.165) is 83.0 Å². The molecule has 0 spiro atoms. The van der Waals surface area contributed by atoms with Crippen molar-refractivity contribution in [2.75, 3.05) is 31.2 Å². The Hall–Kier alpha value is -3.38. The second kappa shape index (κ2) is 13.5. The molecule has 0 bridgehead atoms. The van der Waals surface area contributed by atoms with Crippen molar-refractivity contribution in [3.63, 3.8) is 0 Å². The molecule has 1 aromatic heterocycles. The van der Waals surface area contributed by atoms with Crippen molar-refractivity contribution in [1.29, 1.82) is 0 Å². The van der Waals surface area contributed by atoms with Crippen molar-refractivity contribution in [2.45, 2.75) is 93.3 Å². The number of pyridine rings is 1. The van der Waals surface area contributed by atoms with Gasteiger partial charge in [0.25, 0.3) is 0 Å². The fraction of sp³-hybridized carbons (Fsp3) is 0.514. The van der Waals surface area contributed by atoms with Gasteiger partial charge in [0, 0.05) is 35.6 Å². The van der Waals surface area contributed by atoms with E-state index in [-0.39, 0.29) is 18.0 Å². The molecule has 6 heteroatoms. The molecule has 0 N–H and O–H groups in total. The maximum Gasteiger partial charge on any atom is 0.340 e. The predicted octanol–water partition coefficient (Wildman–Crippen LogP) is 8.87.